The Morgan fingerprint density at radius 2 is 1.79 bits per heavy atom. The lowest BCUT2D eigenvalue weighted by Gasteiger charge is -2.16. The highest BCUT2D eigenvalue weighted by atomic mass is 16.5. The fourth-order valence-electron chi connectivity index (χ4n) is 2.22. The number of aldehydes is 1. The fourth-order valence-corrected chi connectivity index (χ4v) is 2.22. The molecule has 0 saturated carbocycles. The molecule has 0 heterocycles. The minimum atomic E-state index is -0.552. The monoisotopic (exact) mass is 329 g/mol. The molecule has 0 aromatic heterocycles. The summed E-state index contributed by atoms with van der Waals surface area (Å²) in [5.41, 5.74) is 4.06. The molecule has 2 rings (SSSR count). The van der Waals surface area contributed by atoms with Crippen LogP contribution < -0.4 is 10.1 Å². The SMILES string of the molecule is CNC.COC(C=O)c1ccccc1COc1cc(C)ccc1C. The van der Waals surface area contributed by atoms with E-state index in [0.717, 1.165) is 34.3 Å². The van der Waals surface area contributed by atoms with E-state index >= 15 is 0 Å². The average Bonchev–Trinajstić information content (AvgIpc) is 2.58. The predicted molar refractivity (Wildman–Crippen MR) is 97.5 cm³/mol. The van der Waals surface area contributed by atoms with Crippen LogP contribution in [0.3, 0.4) is 0 Å². The van der Waals surface area contributed by atoms with Gasteiger partial charge in [0.15, 0.2) is 6.29 Å². The maximum Gasteiger partial charge on any atom is 0.153 e. The molecule has 0 fully saturated rings. The second kappa shape index (κ2) is 10.6. The zero-order valence-corrected chi connectivity index (χ0v) is 15.1. The number of carbonyl (C=O) groups is 1. The third-order valence-corrected chi connectivity index (χ3v) is 3.47. The molecule has 24 heavy (non-hydrogen) atoms. The molecule has 2 aromatic carbocycles. The van der Waals surface area contributed by atoms with E-state index in [2.05, 4.69) is 11.4 Å². The summed E-state index contributed by atoms with van der Waals surface area (Å²) in [6, 6.07) is 13.8. The molecule has 130 valence electrons. The summed E-state index contributed by atoms with van der Waals surface area (Å²) in [7, 11) is 5.28. The third kappa shape index (κ3) is 5.80. The molecule has 1 atom stereocenters. The topological polar surface area (TPSA) is 47.6 Å². The van der Waals surface area contributed by atoms with E-state index in [1.54, 1.807) is 0 Å². The Bertz CT molecular complexity index is 641. The molecular formula is C20H27NO3. The van der Waals surface area contributed by atoms with Crippen LogP contribution >= 0.6 is 0 Å². The number of rotatable bonds is 6. The van der Waals surface area contributed by atoms with Crippen molar-refractivity contribution >= 4 is 6.29 Å². The van der Waals surface area contributed by atoms with Gasteiger partial charge in [-0.3, -0.25) is 0 Å². The van der Waals surface area contributed by atoms with Crippen LogP contribution in [0.4, 0.5) is 0 Å². The average molecular weight is 329 g/mol. The van der Waals surface area contributed by atoms with Crippen molar-refractivity contribution in [3.63, 3.8) is 0 Å². The first-order valence-corrected chi connectivity index (χ1v) is 7.91. The highest BCUT2D eigenvalue weighted by Gasteiger charge is 2.13. The second-order valence-electron chi connectivity index (χ2n) is 5.55. The van der Waals surface area contributed by atoms with Crippen LogP contribution in [0.15, 0.2) is 42.5 Å². The lowest BCUT2D eigenvalue weighted by atomic mass is 10.0. The molecule has 1 N–H and O–H groups in total. The normalized spacial score (nSPS) is 11.2. The Kier molecular flexibility index (Phi) is 8.76. The smallest absolute Gasteiger partial charge is 0.153 e. The van der Waals surface area contributed by atoms with E-state index in [4.69, 9.17) is 9.47 Å². The molecule has 1 unspecified atom stereocenters. The minimum absolute atomic E-state index is 0.411. The van der Waals surface area contributed by atoms with Gasteiger partial charge in [0.2, 0.25) is 0 Å². The molecule has 0 aliphatic carbocycles. The fraction of sp³-hybridized carbons (Fsp3) is 0.350. The van der Waals surface area contributed by atoms with Crippen LogP contribution in [0.2, 0.25) is 0 Å². The van der Waals surface area contributed by atoms with Gasteiger partial charge in [-0.2, -0.15) is 0 Å². The van der Waals surface area contributed by atoms with Gasteiger partial charge in [-0.25, -0.2) is 0 Å². The molecule has 0 aliphatic rings. The van der Waals surface area contributed by atoms with Gasteiger partial charge >= 0.3 is 0 Å². The van der Waals surface area contributed by atoms with Gasteiger partial charge in [-0.1, -0.05) is 36.4 Å². The van der Waals surface area contributed by atoms with Crippen LogP contribution in [0.1, 0.15) is 28.4 Å². The van der Waals surface area contributed by atoms with E-state index in [1.807, 2.05) is 64.3 Å². The van der Waals surface area contributed by atoms with Crippen molar-refractivity contribution < 1.29 is 14.3 Å². The van der Waals surface area contributed by atoms with E-state index < -0.39 is 6.10 Å². The first-order chi connectivity index (χ1) is 11.6. The van der Waals surface area contributed by atoms with Crippen molar-refractivity contribution in [2.75, 3.05) is 21.2 Å². The predicted octanol–water partition coefficient (Wildman–Crippen LogP) is 3.60. The Hall–Kier alpha value is -2.17. The number of nitrogens with one attached hydrogen (secondary N) is 1. The van der Waals surface area contributed by atoms with Gasteiger partial charge < -0.3 is 19.6 Å². The molecule has 0 radical (unpaired) electrons. The molecule has 0 amide bonds. The second-order valence-corrected chi connectivity index (χ2v) is 5.55. The van der Waals surface area contributed by atoms with Gasteiger partial charge in [0.05, 0.1) is 0 Å². The summed E-state index contributed by atoms with van der Waals surface area (Å²) in [6.45, 7) is 4.46. The van der Waals surface area contributed by atoms with Crippen molar-refractivity contribution in [2.45, 2.75) is 26.6 Å². The number of hydrogen-bond acceptors (Lipinski definition) is 4. The van der Waals surface area contributed by atoms with Gasteiger partial charge in [-0.15, -0.1) is 0 Å². The van der Waals surface area contributed by atoms with E-state index in [1.165, 1.54) is 7.11 Å². The molecule has 0 bridgehead atoms. The molecule has 0 spiro atoms. The summed E-state index contributed by atoms with van der Waals surface area (Å²) in [4.78, 5) is 11.1. The summed E-state index contributed by atoms with van der Waals surface area (Å²) >= 11 is 0. The summed E-state index contributed by atoms with van der Waals surface area (Å²) in [5.74, 6) is 0.866. The lowest BCUT2D eigenvalue weighted by Crippen LogP contribution is -2.08. The van der Waals surface area contributed by atoms with Crippen LogP contribution in [-0.4, -0.2) is 27.5 Å². The van der Waals surface area contributed by atoms with Crippen LogP contribution in [0.25, 0.3) is 0 Å². The molecule has 4 heteroatoms. The first kappa shape index (κ1) is 19.9. The number of methoxy groups -OCH3 is 1. The van der Waals surface area contributed by atoms with Crippen LogP contribution in [0, 0.1) is 13.8 Å². The van der Waals surface area contributed by atoms with Gasteiger partial charge in [0.1, 0.15) is 18.5 Å². The van der Waals surface area contributed by atoms with Crippen molar-refractivity contribution in [1.82, 2.24) is 5.32 Å². The maximum absolute atomic E-state index is 11.1. The molecule has 4 nitrogen and oxygen atoms in total. The maximum atomic E-state index is 11.1. The quantitative estimate of drug-likeness (QED) is 0.823. The summed E-state index contributed by atoms with van der Waals surface area (Å²) < 4.78 is 11.1. The standard InChI is InChI=1S/C18H20O3.C2H7N/c1-13-8-9-14(2)17(10-13)21-12-15-6-4-5-7-16(15)18(11-19)20-3;1-3-2/h4-11,18H,12H2,1-3H3;3H,1-2H3. The van der Waals surface area contributed by atoms with E-state index in [9.17, 15) is 4.79 Å². The number of aryl methyl sites for hydroxylation is 2. The molecule has 0 aliphatic heterocycles. The van der Waals surface area contributed by atoms with Crippen LogP contribution in [-0.2, 0) is 16.1 Å². The first-order valence-electron chi connectivity index (χ1n) is 7.91. The molecule has 2 aromatic rings. The number of hydrogen-bond donors (Lipinski definition) is 1. The van der Waals surface area contributed by atoms with E-state index in [-0.39, 0.29) is 0 Å². The Labute approximate surface area is 144 Å². The summed E-state index contributed by atoms with van der Waals surface area (Å²) in [6.07, 6.45) is 0.250. The number of ether oxygens (including phenoxy) is 2. The van der Waals surface area contributed by atoms with Crippen LogP contribution in [0.5, 0.6) is 5.75 Å². The van der Waals surface area contributed by atoms with Crippen molar-refractivity contribution in [2.24, 2.45) is 0 Å². The largest absolute Gasteiger partial charge is 0.489 e. The number of benzene rings is 2. The number of carbonyl (C=O) groups excluding carboxylic acids is 1. The van der Waals surface area contributed by atoms with E-state index in [0.29, 0.717) is 6.61 Å². The van der Waals surface area contributed by atoms with Crippen molar-refractivity contribution in [3.05, 3.63) is 64.7 Å². The van der Waals surface area contributed by atoms with Gasteiger partial charge in [-0.05, 0) is 56.3 Å². The van der Waals surface area contributed by atoms with Crippen molar-refractivity contribution in [1.29, 1.82) is 0 Å². The zero-order chi connectivity index (χ0) is 17.9. The Morgan fingerprint density at radius 1 is 1.12 bits per heavy atom. The zero-order valence-electron chi connectivity index (χ0n) is 15.1. The summed E-state index contributed by atoms with van der Waals surface area (Å²) in [5, 5.41) is 2.75. The Balaban J connectivity index is 0.000000891. The van der Waals surface area contributed by atoms with Gasteiger partial charge in [0, 0.05) is 7.11 Å². The van der Waals surface area contributed by atoms with Gasteiger partial charge in [0.25, 0.3) is 0 Å². The highest BCUT2D eigenvalue weighted by molar-refractivity contribution is 5.61. The lowest BCUT2D eigenvalue weighted by molar-refractivity contribution is -0.116. The highest BCUT2D eigenvalue weighted by Crippen LogP contribution is 2.24. The van der Waals surface area contributed by atoms with Crippen molar-refractivity contribution in [3.8, 4) is 5.75 Å². The minimum Gasteiger partial charge on any atom is -0.489 e. The molecular weight excluding hydrogens is 302 g/mol. The molecule has 0 saturated heterocycles. The third-order valence-electron chi connectivity index (χ3n) is 3.47. The Morgan fingerprint density at radius 3 is 2.42 bits per heavy atom.